The summed E-state index contributed by atoms with van der Waals surface area (Å²) in [6, 6.07) is 15.0. The zero-order valence-electron chi connectivity index (χ0n) is 42.3. The molecule has 0 radical (unpaired) electrons. The fourth-order valence-electron chi connectivity index (χ4n) is 9.92. The number of carbonyl (C=O) groups excluding carboxylic acids is 4. The Morgan fingerprint density at radius 3 is 2.25 bits per heavy atom. The van der Waals surface area contributed by atoms with E-state index < -0.39 is 70.5 Å². The average molecular weight is 1020 g/mol. The average Bonchev–Trinajstić information content (AvgIpc) is 4.05. The first-order valence-corrected chi connectivity index (χ1v) is 25.6. The Bertz CT molecular complexity index is 2590. The highest BCUT2D eigenvalue weighted by Gasteiger charge is 2.45. The van der Waals surface area contributed by atoms with Crippen molar-refractivity contribution in [1.29, 1.82) is 0 Å². The predicted octanol–water partition coefficient (Wildman–Crippen LogP) is 8.11. The van der Waals surface area contributed by atoms with Crippen molar-refractivity contribution in [3.05, 3.63) is 117 Å². The van der Waals surface area contributed by atoms with Gasteiger partial charge in [-0.05, 0) is 97.9 Å². The lowest BCUT2D eigenvalue weighted by Gasteiger charge is -2.44. The predicted molar refractivity (Wildman–Crippen MR) is 270 cm³/mol. The van der Waals surface area contributed by atoms with Crippen LogP contribution in [0.1, 0.15) is 112 Å². The van der Waals surface area contributed by atoms with E-state index in [4.69, 9.17) is 14.2 Å². The fourth-order valence-corrected chi connectivity index (χ4v) is 10.7. The van der Waals surface area contributed by atoms with E-state index in [1.54, 1.807) is 37.6 Å². The summed E-state index contributed by atoms with van der Waals surface area (Å²) in [5, 5.41) is 16.2. The molecule has 13 nitrogen and oxygen atoms in total. The number of β-amino-alcohol motifs (C(OH)–C–C–N with tert-alkyl or cyclic N) is 1. The molecule has 0 bridgehead atoms. The van der Waals surface area contributed by atoms with Crippen molar-refractivity contribution in [2.45, 2.75) is 123 Å². The SMILES string of the molecule is Cc1ncsc1-c1ccc(CNC(=O)[C@@H]2C[C@@H](O)CN2C(=O)[C@@H](NC(=O)COCCOCCOCCCC(=O)c2cc(F)c([C@@H]3C4=C(C[C@@H](C)N3CC(C)(C)F)c3ccccc3C4)c(F)c2)C(C)(C)C)cc1. The molecule has 3 N–H and O–H groups in total. The lowest BCUT2D eigenvalue weighted by molar-refractivity contribution is -0.144. The van der Waals surface area contributed by atoms with Gasteiger partial charge in [0.25, 0.3) is 0 Å². The second-order valence-electron chi connectivity index (χ2n) is 20.8. The summed E-state index contributed by atoms with van der Waals surface area (Å²) < 4.78 is 64.1. The van der Waals surface area contributed by atoms with Gasteiger partial charge >= 0.3 is 0 Å². The summed E-state index contributed by atoms with van der Waals surface area (Å²) in [6.45, 7) is 12.9. The number of nitrogens with one attached hydrogen (secondary N) is 2. The number of ketones is 1. The molecule has 1 saturated heterocycles. The highest BCUT2D eigenvalue weighted by molar-refractivity contribution is 7.13. The van der Waals surface area contributed by atoms with Crippen molar-refractivity contribution in [3.8, 4) is 10.4 Å². The Kier molecular flexibility index (Phi) is 17.9. The van der Waals surface area contributed by atoms with E-state index in [1.165, 1.54) is 18.7 Å². The molecule has 1 aromatic heterocycles. The van der Waals surface area contributed by atoms with Crippen LogP contribution in [0.15, 0.2) is 71.7 Å². The van der Waals surface area contributed by atoms with Gasteiger partial charge in [-0.15, -0.1) is 11.3 Å². The molecule has 2 aliphatic heterocycles. The Hall–Kier alpha value is -5.30. The lowest BCUT2D eigenvalue weighted by Crippen LogP contribution is -2.58. The lowest BCUT2D eigenvalue weighted by atomic mass is 9.83. The number of likely N-dealkylation sites (tertiary alicyclic amines) is 1. The van der Waals surface area contributed by atoms with Gasteiger partial charge in [0, 0.05) is 56.3 Å². The molecule has 3 aliphatic rings. The first-order valence-electron chi connectivity index (χ1n) is 24.8. The molecule has 17 heteroatoms. The number of thiazole rings is 1. The third-order valence-electron chi connectivity index (χ3n) is 13.5. The van der Waals surface area contributed by atoms with Crippen LogP contribution in [0.3, 0.4) is 0 Å². The van der Waals surface area contributed by atoms with Crippen molar-refractivity contribution in [2.75, 3.05) is 52.7 Å². The van der Waals surface area contributed by atoms with Gasteiger partial charge in [0.1, 0.15) is 36.0 Å². The van der Waals surface area contributed by atoms with Crippen LogP contribution in [0.2, 0.25) is 0 Å². The van der Waals surface area contributed by atoms with Gasteiger partial charge in [-0.2, -0.15) is 0 Å². The van der Waals surface area contributed by atoms with Crippen molar-refractivity contribution < 1.29 is 51.7 Å². The van der Waals surface area contributed by atoms with E-state index in [1.807, 2.05) is 67.3 Å². The van der Waals surface area contributed by atoms with Crippen molar-refractivity contribution >= 4 is 40.4 Å². The van der Waals surface area contributed by atoms with Crippen LogP contribution in [-0.2, 0) is 41.6 Å². The molecule has 3 heterocycles. The molecule has 388 valence electrons. The molecule has 0 saturated carbocycles. The second-order valence-corrected chi connectivity index (χ2v) is 21.6. The smallest absolute Gasteiger partial charge is 0.246 e. The normalized spacial score (nSPS) is 19.6. The Labute approximate surface area is 424 Å². The van der Waals surface area contributed by atoms with Crippen LogP contribution in [0, 0.1) is 24.0 Å². The zero-order chi connectivity index (χ0) is 51.9. The maximum absolute atomic E-state index is 16.1. The van der Waals surface area contributed by atoms with Crippen molar-refractivity contribution in [3.63, 3.8) is 0 Å². The number of alkyl halides is 1. The molecule has 3 amide bonds. The third kappa shape index (κ3) is 13.5. The fraction of sp³-hybridized carbons (Fsp3) is 0.509. The number of nitrogens with zero attached hydrogens (tertiary/aromatic N) is 3. The first-order chi connectivity index (χ1) is 34.2. The number of amides is 3. The number of aliphatic hydroxyl groups excluding tert-OH is 1. The Morgan fingerprint density at radius 1 is 0.931 bits per heavy atom. The molecule has 0 unspecified atom stereocenters. The largest absolute Gasteiger partial charge is 0.391 e. The zero-order valence-corrected chi connectivity index (χ0v) is 43.1. The molecule has 3 aromatic carbocycles. The maximum Gasteiger partial charge on any atom is 0.246 e. The Morgan fingerprint density at radius 2 is 1.60 bits per heavy atom. The molecular formula is C55H68F3N5O8S. The number of hydrogen-bond acceptors (Lipinski definition) is 11. The number of ether oxygens (including phenoxy) is 3. The van der Waals surface area contributed by atoms with Gasteiger partial charge in [-0.3, -0.25) is 24.1 Å². The van der Waals surface area contributed by atoms with Gasteiger partial charge in [0.05, 0.1) is 54.7 Å². The van der Waals surface area contributed by atoms with E-state index in [0.717, 1.165) is 56.1 Å². The van der Waals surface area contributed by atoms with Crippen LogP contribution in [0.4, 0.5) is 13.2 Å². The molecule has 4 aromatic rings. The van der Waals surface area contributed by atoms with E-state index in [-0.39, 0.29) is 89.3 Å². The first kappa shape index (κ1) is 54.5. The quantitative estimate of drug-likeness (QED) is 0.0519. The van der Waals surface area contributed by atoms with Crippen molar-refractivity contribution in [1.82, 2.24) is 25.4 Å². The summed E-state index contributed by atoms with van der Waals surface area (Å²) in [6.07, 6.45) is 0.632. The van der Waals surface area contributed by atoms with Gasteiger partial charge in [0.2, 0.25) is 17.7 Å². The number of benzene rings is 3. The van der Waals surface area contributed by atoms with E-state index in [0.29, 0.717) is 19.3 Å². The summed E-state index contributed by atoms with van der Waals surface area (Å²) in [4.78, 5) is 62.1. The number of fused-ring (bicyclic) bond motifs is 2. The number of halogens is 3. The van der Waals surface area contributed by atoms with Gasteiger partial charge < -0.3 is 34.9 Å². The van der Waals surface area contributed by atoms with Crippen LogP contribution in [0.25, 0.3) is 16.0 Å². The van der Waals surface area contributed by atoms with Crippen LogP contribution < -0.4 is 10.6 Å². The third-order valence-corrected chi connectivity index (χ3v) is 14.4. The highest BCUT2D eigenvalue weighted by atomic mass is 32.1. The number of aryl methyl sites for hydroxylation is 1. The van der Waals surface area contributed by atoms with E-state index in [9.17, 15) is 24.3 Å². The minimum atomic E-state index is -1.61. The monoisotopic (exact) mass is 1020 g/mol. The minimum Gasteiger partial charge on any atom is -0.391 e. The molecule has 1 fully saturated rings. The number of carbonyl (C=O) groups is 4. The molecule has 0 spiro atoms. The number of aliphatic hydroxyl groups is 1. The molecule has 72 heavy (non-hydrogen) atoms. The van der Waals surface area contributed by atoms with Crippen LogP contribution in [-0.4, -0.2) is 126 Å². The minimum absolute atomic E-state index is 0.00462. The number of Topliss-reactive ketones (excluding diaryl/α,β-unsaturated/α-hetero) is 1. The van der Waals surface area contributed by atoms with Crippen molar-refractivity contribution in [2.24, 2.45) is 5.41 Å². The highest BCUT2D eigenvalue weighted by Crippen LogP contribution is 2.50. The topological polar surface area (TPSA) is 160 Å². The van der Waals surface area contributed by atoms with Gasteiger partial charge in [-0.1, -0.05) is 69.3 Å². The van der Waals surface area contributed by atoms with Gasteiger partial charge in [0.15, 0.2) is 5.78 Å². The van der Waals surface area contributed by atoms with Gasteiger partial charge in [-0.25, -0.2) is 18.2 Å². The van der Waals surface area contributed by atoms with E-state index in [2.05, 4.69) is 15.6 Å². The Balaban J connectivity index is 0.801. The van der Waals surface area contributed by atoms with Crippen LogP contribution in [0.5, 0.6) is 0 Å². The standard InChI is InChI=1S/C55H68F3N5O8S/c1-33-23-41-40-12-9-8-11-37(40)24-42(41)49(63(33)31-55(6,7)58)48-43(56)25-38(26-44(48)57)46(65)13-10-18-69-19-20-70-21-22-71-30-47(66)61-51(54(3,4)5)53(68)62-29-39(64)27-45(62)52(67)59-28-35-14-16-36(17-15-35)50-34(2)60-32-72-50/h8-9,11-12,14-17,25-26,32-33,39,45,49,51,64H,10,13,18-24,27-31H2,1-7H3,(H,59,67)(H,61,66)/t33-,39-,45+,49+,51-/m1/s1. The molecular weight excluding hydrogens is 948 g/mol. The summed E-state index contributed by atoms with van der Waals surface area (Å²) in [5.41, 5.74) is 6.11. The number of aromatic nitrogens is 1. The summed E-state index contributed by atoms with van der Waals surface area (Å²) in [7, 11) is 0. The molecule has 7 rings (SSSR count). The number of rotatable bonds is 22. The maximum atomic E-state index is 16.1. The molecule has 5 atom stereocenters. The molecule has 1 aliphatic carbocycles. The number of hydrogen-bond donors (Lipinski definition) is 3. The summed E-state index contributed by atoms with van der Waals surface area (Å²) >= 11 is 1.56. The summed E-state index contributed by atoms with van der Waals surface area (Å²) in [5.74, 6) is -3.51. The van der Waals surface area contributed by atoms with E-state index >= 15 is 13.2 Å². The van der Waals surface area contributed by atoms with Crippen LogP contribution >= 0.6 is 11.3 Å². The second kappa shape index (κ2) is 23.7.